The van der Waals surface area contributed by atoms with Gasteiger partial charge in [-0.2, -0.15) is 0 Å². The Morgan fingerprint density at radius 2 is 1.88 bits per heavy atom. The average Bonchev–Trinajstić information content (AvgIpc) is 2.91. The number of amides is 1. The highest BCUT2D eigenvalue weighted by molar-refractivity contribution is 6.77. The second kappa shape index (κ2) is 8.60. The second-order valence-electron chi connectivity index (χ2n) is 6.40. The Balaban J connectivity index is 2.54. The van der Waals surface area contributed by atoms with Crippen molar-refractivity contribution in [3.63, 3.8) is 0 Å². The summed E-state index contributed by atoms with van der Waals surface area (Å²) in [5, 5.41) is 22.6. The van der Waals surface area contributed by atoms with Gasteiger partial charge in [0.25, 0.3) is 3.79 Å². The van der Waals surface area contributed by atoms with Crippen LogP contribution in [0.5, 0.6) is 0 Å². The lowest BCUT2D eigenvalue weighted by Gasteiger charge is -2.21. The maximum atomic E-state index is 11.8. The lowest BCUT2D eigenvalue weighted by atomic mass is 10.0. The number of aromatic nitrogens is 1. The molecule has 2 unspecified atom stereocenters. The molecule has 1 rings (SSSR count). The number of carbonyl (C=O) groups is 2. The van der Waals surface area contributed by atoms with E-state index in [1.807, 2.05) is 0 Å². The minimum absolute atomic E-state index is 0.00636. The van der Waals surface area contributed by atoms with Gasteiger partial charge in [0.05, 0.1) is 11.8 Å². The molecule has 0 saturated carbocycles. The number of nitrogens with one attached hydrogen (secondary N) is 2. The number of aliphatic hydroxyl groups excluding tert-OH is 2. The number of ketones is 1. The molecule has 2 atom stereocenters. The van der Waals surface area contributed by atoms with Gasteiger partial charge < -0.3 is 25.3 Å². The van der Waals surface area contributed by atoms with Crippen LogP contribution in [0.2, 0.25) is 0 Å². The summed E-state index contributed by atoms with van der Waals surface area (Å²) in [7, 11) is 0. The maximum absolute atomic E-state index is 11.8. The molecule has 1 heterocycles. The molecule has 0 aliphatic rings. The van der Waals surface area contributed by atoms with Gasteiger partial charge in [0, 0.05) is 18.3 Å². The van der Waals surface area contributed by atoms with Crippen molar-refractivity contribution in [3.8, 4) is 0 Å². The number of halogens is 3. The van der Waals surface area contributed by atoms with Crippen LogP contribution in [0.4, 0.5) is 4.79 Å². The third-order valence-corrected chi connectivity index (χ3v) is 3.54. The van der Waals surface area contributed by atoms with Gasteiger partial charge in [-0.05, 0) is 33.3 Å². The Morgan fingerprint density at radius 3 is 2.40 bits per heavy atom. The number of aromatic amines is 1. The predicted molar refractivity (Wildman–Crippen MR) is 95.2 cm³/mol. The van der Waals surface area contributed by atoms with E-state index < -0.39 is 33.5 Å². The molecule has 0 radical (unpaired) electrons. The minimum atomic E-state index is -2.12. The minimum Gasteiger partial charge on any atom is -0.444 e. The fraction of sp³-hybridized carbons (Fsp3) is 0.600. The van der Waals surface area contributed by atoms with Gasteiger partial charge in [0.1, 0.15) is 11.7 Å². The van der Waals surface area contributed by atoms with Crippen molar-refractivity contribution in [1.29, 1.82) is 0 Å². The van der Waals surface area contributed by atoms with Gasteiger partial charge in [-0.25, -0.2) is 4.79 Å². The molecule has 1 aromatic heterocycles. The van der Waals surface area contributed by atoms with E-state index in [9.17, 15) is 19.8 Å². The van der Waals surface area contributed by atoms with E-state index in [2.05, 4.69) is 10.3 Å². The van der Waals surface area contributed by atoms with E-state index in [1.54, 1.807) is 20.8 Å². The quantitative estimate of drug-likeness (QED) is 0.422. The van der Waals surface area contributed by atoms with Crippen molar-refractivity contribution in [2.24, 2.45) is 0 Å². The number of H-pyrrole nitrogens is 1. The first-order valence-corrected chi connectivity index (χ1v) is 8.57. The molecule has 0 bridgehead atoms. The lowest BCUT2D eigenvalue weighted by molar-refractivity contribution is 0.0123. The summed E-state index contributed by atoms with van der Waals surface area (Å²) in [6, 6.07) is 1.29. The highest BCUT2D eigenvalue weighted by atomic mass is 35.6. The first-order chi connectivity index (χ1) is 11.3. The summed E-state index contributed by atoms with van der Waals surface area (Å²) in [5.74, 6) is -0.781. The standard InChI is InChI=1S/C15H21Cl3N2O5/c1-14(2,3)25-13(24)19-5-4-10(21)11(22)8-6-9(20-7-8)12(23)15(16,17)18/h6-7,10-11,20-22H,4-5H2,1-3H3,(H,19,24). The second-order valence-corrected chi connectivity index (χ2v) is 8.68. The molecule has 0 aliphatic carbocycles. The number of rotatable bonds is 6. The molecule has 0 saturated heterocycles. The molecule has 7 nitrogen and oxygen atoms in total. The fourth-order valence-corrected chi connectivity index (χ4v) is 2.19. The molecule has 1 amide bonds. The summed E-state index contributed by atoms with van der Waals surface area (Å²) < 4.78 is 2.93. The third kappa shape index (κ3) is 7.42. The number of alkyl halides is 3. The number of Topliss-reactive ketones (excluding diaryl/α,β-unsaturated/α-hetero) is 1. The Kier molecular flexibility index (Phi) is 7.58. The topological polar surface area (TPSA) is 112 Å². The van der Waals surface area contributed by atoms with Crippen molar-refractivity contribution in [2.75, 3.05) is 6.54 Å². The molecule has 1 aromatic rings. The van der Waals surface area contributed by atoms with Gasteiger partial charge in [0.15, 0.2) is 0 Å². The molecule has 4 N–H and O–H groups in total. The first kappa shape index (κ1) is 22.1. The monoisotopic (exact) mass is 414 g/mol. The van der Waals surface area contributed by atoms with Crippen LogP contribution in [0.1, 0.15) is 49.3 Å². The zero-order valence-corrected chi connectivity index (χ0v) is 16.2. The molecule has 142 valence electrons. The average molecular weight is 416 g/mol. The van der Waals surface area contributed by atoms with Crippen LogP contribution in [-0.2, 0) is 4.74 Å². The Labute approximate surface area is 160 Å². The van der Waals surface area contributed by atoms with E-state index in [4.69, 9.17) is 39.5 Å². The molecule has 25 heavy (non-hydrogen) atoms. The molecule has 0 fully saturated rings. The highest BCUT2D eigenvalue weighted by Crippen LogP contribution is 2.31. The largest absolute Gasteiger partial charge is 0.444 e. The van der Waals surface area contributed by atoms with E-state index in [0.717, 1.165) is 0 Å². The number of alkyl carbamates (subject to hydrolysis) is 1. The first-order valence-electron chi connectivity index (χ1n) is 7.44. The van der Waals surface area contributed by atoms with Crippen LogP contribution in [0.25, 0.3) is 0 Å². The van der Waals surface area contributed by atoms with Crippen LogP contribution in [0, 0.1) is 0 Å². The van der Waals surface area contributed by atoms with Gasteiger partial charge in [-0.3, -0.25) is 4.79 Å². The zero-order valence-electron chi connectivity index (χ0n) is 14.0. The molecular formula is C15H21Cl3N2O5. The number of hydrogen-bond donors (Lipinski definition) is 4. The van der Waals surface area contributed by atoms with Crippen LogP contribution < -0.4 is 5.32 Å². The van der Waals surface area contributed by atoms with Crippen molar-refractivity contribution < 1.29 is 24.5 Å². The number of carbonyl (C=O) groups excluding carboxylic acids is 2. The molecule has 0 aliphatic heterocycles. The molecular weight excluding hydrogens is 395 g/mol. The summed E-state index contributed by atoms with van der Waals surface area (Å²) in [6.45, 7) is 5.28. The number of ether oxygens (including phenoxy) is 1. The van der Waals surface area contributed by atoms with E-state index in [0.29, 0.717) is 0 Å². The molecule has 0 aromatic carbocycles. The molecule has 10 heteroatoms. The predicted octanol–water partition coefficient (Wildman–Crippen LogP) is 2.88. The fourth-order valence-electron chi connectivity index (χ4n) is 1.88. The van der Waals surface area contributed by atoms with Crippen LogP contribution >= 0.6 is 34.8 Å². The Bertz CT molecular complexity index is 607. The van der Waals surface area contributed by atoms with Crippen molar-refractivity contribution in [1.82, 2.24) is 10.3 Å². The van der Waals surface area contributed by atoms with Crippen LogP contribution in [0.3, 0.4) is 0 Å². The van der Waals surface area contributed by atoms with Crippen LogP contribution in [-0.4, -0.2) is 49.1 Å². The van der Waals surface area contributed by atoms with Crippen molar-refractivity contribution in [2.45, 2.75) is 48.8 Å². The normalized spacial score (nSPS) is 14.7. The SMILES string of the molecule is CC(C)(C)OC(=O)NCCC(O)C(O)c1c[nH]c(C(=O)C(Cl)(Cl)Cl)c1. The third-order valence-electron chi connectivity index (χ3n) is 3.02. The summed E-state index contributed by atoms with van der Waals surface area (Å²) in [5.41, 5.74) is -0.380. The van der Waals surface area contributed by atoms with E-state index in [1.165, 1.54) is 12.3 Å². The Morgan fingerprint density at radius 1 is 1.28 bits per heavy atom. The summed E-state index contributed by atoms with van der Waals surface area (Å²) >= 11 is 16.5. The van der Waals surface area contributed by atoms with Crippen molar-refractivity contribution >= 4 is 46.7 Å². The van der Waals surface area contributed by atoms with Crippen molar-refractivity contribution in [3.05, 3.63) is 23.5 Å². The summed E-state index contributed by atoms with van der Waals surface area (Å²) in [4.78, 5) is 25.9. The summed E-state index contributed by atoms with van der Waals surface area (Å²) in [6.07, 6.45) is -1.68. The number of hydrogen-bond acceptors (Lipinski definition) is 5. The number of aliphatic hydroxyl groups is 2. The Hall–Kier alpha value is -0.990. The van der Waals surface area contributed by atoms with Gasteiger partial charge in [-0.1, -0.05) is 34.8 Å². The van der Waals surface area contributed by atoms with Gasteiger partial charge in [-0.15, -0.1) is 0 Å². The maximum Gasteiger partial charge on any atom is 0.407 e. The van der Waals surface area contributed by atoms with Crippen LogP contribution in [0.15, 0.2) is 12.3 Å². The van der Waals surface area contributed by atoms with E-state index >= 15 is 0 Å². The lowest BCUT2D eigenvalue weighted by Crippen LogP contribution is -2.34. The molecule has 0 spiro atoms. The smallest absolute Gasteiger partial charge is 0.407 e. The highest BCUT2D eigenvalue weighted by Gasteiger charge is 2.33. The zero-order chi connectivity index (χ0) is 19.4. The van der Waals surface area contributed by atoms with Gasteiger partial charge in [0.2, 0.25) is 5.78 Å². The van der Waals surface area contributed by atoms with E-state index in [-0.39, 0.29) is 24.2 Å². The van der Waals surface area contributed by atoms with Gasteiger partial charge >= 0.3 is 6.09 Å².